The van der Waals surface area contributed by atoms with Crippen molar-refractivity contribution in [3.63, 3.8) is 0 Å². The van der Waals surface area contributed by atoms with E-state index in [0.29, 0.717) is 27.7 Å². The minimum atomic E-state index is -0.417. The van der Waals surface area contributed by atoms with E-state index in [0.717, 1.165) is 11.8 Å². The minimum absolute atomic E-state index is 0.218. The summed E-state index contributed by atoms with van der Waals surface area (Å²) in [7, 11) is 1.46. The molecule has 0 bridgehead atoms. The molecule has 162 valence electrons. The largest absolute Gasteiger partial charge is 0.493 e. The maximum Gasteiger partial charge on any atom is 0.293 e. The van der Waals surface area contributed by atoms with E-state index in [4.69, 9.17) is 9.47 Å². The Morgan fingerprint density at radius 1 is 1.16 bits per heavy atom. The SMILES string of the molecule is COc1cc(/C=C2/SC(=O)N(C(C)C)C2=O)ccc1OCC(=O)Nc1ccc(F)cc1. The number of anilines is 1. The number of thioether (sulfide) groups is 1. The van der Waals surface area contributed by atoms with Crippen molar-refractivity contribution in [1.29, 1.82) is 0 Å². The number of methoxy groups -OCH3 is 1. The number of nitrogens with one attached hydrogen (secondary N) is 1. The van der Waals surface area contributed by atoms with Gasteiger partial charge in [0.25, 0.3) is 17.1 Å². The lowest BCUT2D eigenvalue weighted by Gasteiger charge is -2.16. The van der Waals surface area contributed by atoms with Crippen LogP contribution in [0.3, 0.4) is 0 Å². The van der Waals surface area contributed by atoms with Crippen LogP contribution in [-0.4, -0.2) is 41.7 Å². The summed E-state index contributed by atoms with van der Waals surface area (Å²) in [6, 6.07) is 10.1. The number of hydrogen-bond acceptors (Lipinski definition) is 6. The summed E-state index contributed by atoms with van der Waals surface area (Å²) in [6.45, 7) is 3.28. The third kappa shape index (κ3) is 5.43. The molecule has 1 aliphatic heterocycles. The average Bonchev–Trinajstić information content (AvgIpc) is 3.01. The Bertz CT molecular complexity index is 1040. The molecule has 1 fully saturated rings. The highest BCUT2D eigenvalue weighted by molar-refractivity contribution is 8.18. The zero-order chi connectivity index (χ0) is 22.5. The molecule has 2 aromatic rings. The van der Waals surface area contributed by atoms with Crippen LogP contribution in [0.1, 0.15) is 19.4 Å². The number of amides is 3. The van der Waals surface area contributed by atoms with Crippen molar-refractivity contribution in [2.75, 3.05) is 19.0 Å². The molecular weight excluding hydrogens is 423 g/mol. The van der Waals surface area contributed by atoms with Gasteiger partial charge < -0.3 is 14.8 Å². The second-order valence-electron chi connectivity index (χ2n) is 6.90. The number of hydrogen-bond donors (Lipinski definition) is 1. The molecule has 0 aliphatic carbocycles. The van der Waals surface area contributed by atoms with E-state index in [-0.39, 0.29) is 23.8 Å². The van der Waals surface area contributed by atoms with Gasteiger partial charge in [0.1, 0.15) is 5.82 Å². The number of carbonyl (C=O) groups is 3. The van der Waals surface area contributed by atoms with Crippen molar-refractivity contribution < 1.29 is 28.2 Å². The predicted molar refractivity (Wildman–Crippen MR) is 116 cm³/mol. The maximum atomic E-state index is 12.9. The first-order chi connectivity index (χ1) is 14.8. The number of imide groups is 1. The van der Waals surface area contributed by atoms with Crippen LogP contribution in [-0.2, 0) is 9.59 Å². The second kappa shape index (κ2) is 9.65. The number of rotatable bonds is 7. The van der Waals surface area contributed by atoms with Crippen molar-refractivity contribution in [3.05, 3.63) is 58.8 Å². The van der Waals surface area contributed by atoms with Crippen LogP contribution >= 0.6 is 11.8 Å². The van der Waals surface area contributed by atoms with Gasteiger partial charge in [0.05, 0.1) is 12.0 Å². The van der Waals surface area contributed by atoms with Gasteiger partial charge in [-0.2, -0.15) is 0 Å². The maximum absolute atomic E-state index is 12.9. The van der Waals surface area contributed by atoms with E-state index in [1.807, 2.05) is 0 Å². The number of ether oxygens (including phenoxy) is 2. The molecule has 0 atom stereocenters. The highest BCUT2D eigenvalue weighted by Gasteiger charge is 2.36. The summed E-state index contributed by atoms with van der Waals surface area (Å²) in [5.41, 5.74) is 1.10. The lowest BCUT2D eigenvalue weighted by atomic mass is 10.1. The molecule has 1 N–H and O–H groups in total. The molecule has 3 rings (SSSR count). The molecule has 1 heterocycles. The number of benzene rings is 2. The Hall–Kier alpha value is -3.33. The van der Waals surface area contributed by atoms with Gasteiger partial charge >= 0.3 is 0 Å². The fourth-order valence-electron chi connectivity index (χ4n) is 2.84. The molecule has 0 aromatic heterocycles. The van der Waals surface area contributed by atoms with Crippen molar-refractivity contribution in [2.45, 2.75) is 19.9 Å². The molecule has 7 nitrogen and oxygen atoms in total. The summed E-state index contributed by atoms with van der Waals surface area (Å²) in [6.07, 6.45) is 1.61. The van der Waals surface area contributed by atoms with Crippen LogP contribution in [0.25, 0.3) is 6.08 Å². The molecule has 31 heavy (non-hydrogen) atoms. The quantitative estimate of drug-likeness (QED) is 0.641. The Balaban J connectivity index is 1.67. The molecule has 0 saturated carbocycles. The van der Waals surface area contributed by atoms with Crippen molar-refractivity contribution in [1.82, 2.24) is 4.90 Å². The van der Waals surface area contributed by atoms with Gasteiger partial charge in [-0.1, -0.05) is 6.07 Å². The molecule has 1 saturated heterocycles. The molecular formula is C22H21FN2O5S. The van der Waals surface area contributed by atoms with E-state index in [9.17, 15) is 18.8 Å². The third-order valence-corrected chi connectivity index (χ3v) is 5.20. The number of nitrogens with zero attached hydrogens (tertiary/aromatic N) is 1. The second-order valence-corrected chi connectivity index (χ2v) is 7.89. The van der Waals surface area contributed by atoms with Gasteiger partial charge in [-0.05, 0) is 73.6 Å². The molecule has 0 radical (unpaired) electrons. The molecule has 2 aromatic carbocycles. The predicted octanol–water partition coefficient (Wildman–Crippen LogP) is 4.30. The smallest absolute Gasteiger partial charge is 0.293 e. The van der Waals surface area contributed by atoms with E-state index in [1.165, 1.54) is 36.3 Å². The van der Waals surface area contributed by atoms with E-state index < -0.39 is 11.7 Å². The zero-order valence-corrected chi connectivity index (χ0v) is 18.0. The van der Waals surface area contributed by atoms with Crippen LogP contribution in [0.5, 0.6) is 11.5 Å². The fourth-order valence-corrected chi connectivity index (χ4v) is 3.80. The first-order valence-electron chi connectivity index (χ1n) is 9.42. The van der Waals surface area contributed by atoms with Gasteiger partial charge in [0.15, 0.2) is 18.1 Å². The summed E-state index contributed by atoms with van der Waals surface area (Å²) in [4.78, 5) is 38.1. The minimum Gasteiger partial charge on any atom is -0.493 e. The molecule has 9 heteroatoms. The van der Waals surface area contributed by atoms with Crippen LogP contribution < -0.4 is 14.8 Å². The van der Waals surface area contributed by atoms with E-state index >= 15 is 0 Å². The lowest BCUT2D eigenvalue weighted by Crippen LogP contribution is -2.34. The van der Waals surface area contributed by atoms with Crippen LogP contribution in [0.2, 0.25) is 0 Å². The standard InChI is InChI=1S/C22H21FN2O5S/c1-13(2)25-21(27)19(31-22(25)28)11-14-4-9-17(18(10-14)29-3)30-12-20(26)24-16-7-5-15(23)6-8-16/h4-11,13H,12H2,1-3H3,(H,24,26)/b19-11+. The first kappa shape index (κ1) is 22.4. The monoisotopic (exact) mass is 444 g/mol. The summed E-state index contributed by atoms with van der Waals surface area (Å²) >= 11 is 0.889. The van der Waals surface area contributed by atoms with Gasteiger partial charge in [-0.3, -0.25) is 19.3 Å². The van der Waals surface area contributed by atoms with Crippen LogP contribution in [0.15, 0.2) is 47.4 Å². The van der Waals surface area contributed by atoms with E-state index in [1.54, 1.807) is 38.1 Å². The molecule has 1 aliphatic rings. The Morgan fingerprint density at radius 3 is 2.48 bits per heavy atom. The third-order valence-electron chi connectivity index (χ3n) is 4.31. The topological polar surface area (TPSA) is 84.9 Å². The number of halogens is 1. The summed E-state index contributed by atoms with van der Waals surface area (Å²) < 4.78 is 23.8. The van der Waals surface area contributed by atoms with Crippen molar-refractivity contribution in [2.24, 2.45) is 0 Å². The molecule has 0 unspecified atom stereocenters. The normalized spacial score (nSPS) is 15.0. The first-order valence-corrected chi connectivity index (χ1v) is 10.2. The Morgan fingerprint density at radius 2 is 1.87 bits per heavy atom. The highest BCUT2D eigenvalue weighted by atomic mass is 32.2. The van der Waals surface area contributed by atoms with Gasteiger partial charge in [-0.15, -0.1) is 0 Å². The lowest BCUT2D eigenvalue weighted by molar-refractivity contribution is -0.123. The van der Waals surface area contributed by atoms with Crippen molar-refractivity contribution in [3.8, 4) is 11.5 Å². The molecule has 0 spiro atoms. The average molecular weight is 444 g/mol. The number of carbonyl (C=O) groups excluding carboxylic acids is 3. The summed E-state index contributed by atoms with van der Waals surface area (Å²) in [5, 5.41) is 2.30. The van der Waals surface area contributed by atoms with E-state index in [2.05, 4.69) is 5.32 Å². The summed E-state index contributed by atoms with van der Waals surface area (Å²) in [5.74, 6) is -0.439. The van der Waals surface area contributed by atoms with Crippen molar-refractivity contribution >= 4 is 40.6 Å². The van der Waals surface area contributed by atoms with Gasteiger partial charge in [0, 0.05) is 11.7 Å². The Kier molecular flexibility index (Phi) is 6.96. The van der Waals surface area contributed by atoms with Crippen LogP contribution in [0.4, 0.5) is 14.9 Å². The van der Waals surface area contributed by atoms with Crippen LogP contribution in [0, 0.1) is 5.82 Å². The van der Waals surface area contributed by atoms with Gasteiger partial charge in [-0.25, -0.2) is 4.39 Å². The Labute approximate surface area is 183 Å². The van der Waals surface area contributed by atoms with Gasteiger partial charge in [0.2, 0.25) is 0 Å². The fraction of sp³-hybridized carbons (Fsp3) is 0.227. The molecule has 3 amide bonds. The zero-order valence-electron chi connectivity index (χ0n) is 17.2. The highest BCUT2D eigenvalue weighted by Crippen LogP contribution is 2.35.